The molecule has 9 heteroatoms. The predicted molar refractivity (Wildman–Crippen MR) is 70.8 cm³/mol. The van der Waals surface area contributed by atoms with Gasteiger partial charge in [-0.25, -0.2) is 8.42 Å². The van der Waals surface area contributed by atoms with Crippen molar-refractivity contribution in [1.82, 2.24) is 9.97 Å². The second-order valence-electron chi connectivity index (χ2n) is 3.69. The van der Waals surface area contributed by atoms with E-state index in [1.165, 1.54) is 20.3 Å². The van der Waals surface area contributed by atoms with Gasteiger partial charge in [-0.2, -0.15) is 9.97 Å². The highest BCUT2D eigenvalue weighted by Gasteiger charge is 2.14. The Morgan fingerprint density at radius 2 is 1.79 bits per heavy atom. The van der Waals surface area contributed by atoms with Gasteiger partial charge in [0.2, 0.25) is 27.7 Å². The van der Waals surface area contributed by atoms with Crippen LogP contribution in [0.1, 0.15) is 12.8 Å². The number of aromatic nitrogens is 2. The monoisotopic (exact) mass is 290 g/mol. The highest BCUT2D eigenvalue weighted by atomic mass is 32.2. The summed E-state index contributed by atoms with van der Waals surface area (Å²) in [5, 5.41) is 0. The van der Waals surface area contributed by atoms with Gasteiger partial charge in [-0.1, -0.05) is 0 Å². The highest BCUT2D eigenvalue weighted by molar-refractivity contribution is 7.92. The lowest BCUT2D eigenvalue weighted by atomic mass is 10.3. The van der Waals surface area contributed by atoms with Crippen LogP contribution in [-0.2, 0) is 10.0 Å². The van der Waals surface area contributed by atoms with Gasteiger partial charge in [0.15, 0.2) is 0 Å². The van der Waals surface area contributed by atoms with Crippen LogP contribution in [0.5, 0.6) is 11.8 Å². The van der Waals surface area contributed by atoms with Crippen molar-refractivity contribution in [2.75, 3.05) is 31.2 Å². The molecule has 1 rings (SSSR count). The lowest BCUT2D eigenvalue weighted by Gasteiger charge is -2.08. The quantitative estimate of drug-likeness (QED) is 0.646. The van der Waals surface area contributed by atoms with Crippen LogP contribution in [0.25, 0.3) is 0 Å². The number of sulfonamides is 1. The minimum atomic E-state index is -3.50. The van der Waals surface area contributed by atoms with Gasteiger partial charge in [0, 0.05) is 0 Å². The molecule has 1 aromatic rings. The van der Waals surface area contributed by atoms with E-state index in [1.54, 1.807) is 0 Å². The summed E-state index contributed by atoms with van der Waals surface area (Å²) in [7, 11) is -0.663. The first-order chi connectivity index (χ1) is 9.00. The van der Waals surface area contributed by atoms with Gasteiger partial charge >= 0.3 is 0 Å². The van der Waals surface area contributed by atoms with E-state index in [0.717, 1.165) is 0 Å². The Kier molecular flexibility index (Phi) is 5.77. The van der Waals surface area contributed by atoms with E-state index in [1.807, 2.05) is 0 Å². The van der Waals surface area contributed by atoms with Gasteiger partial charge in [0.1, 0.15) is 0 Å². The number of unbranched alkanes of at least 4 members (excludes halogenated alkanes) is 1. The summed E-state index contributed by atoms with van der Waals surface area (Å²) >= 11 is 0. The Bertz CT molecular complexity index is 484. The SMILES string of the molecule is COc1cc(OC)nc(NS(=O)(=O)CCCCN)n1. The number of nitrogens with one attached hydrogen (secondary N) is 1. The van der Waals surface area contributed by atoms with Gasteiger partial charge in [0.05, 0.1) is 26.0 Å². The molecule has 0 bridgehead atoms. The average molecular weight is 290 g/mol. The number of rotatable bonds is 8. The molecule has 3 N–H and O–H groups in total. The van der Waals surface area contributed by atoms with Crippen LogP contribution < -0.4 is 19.9 Å². The van der Waals surface area contributed by atoms with E-state index in [0.29, 0.717) is 19.4 Å². The second-order valence-corrected chi connectivity index (χ2v) is 5.53. The molecule has 19 heavy (non-hydrogen) atoms. The topological polar surface area (TPSA) is 116 Å². The largest absolute Gasteiger partial charge is 0.481 e. The van der Waals surface area contributed by atoms with Crippen molar-refractivity contribution in [2.24, 2.45) is 5.73 Å². The van der Waals surface area contributed by atoms with Crippen LogP contribution in [0, 0.1) is 0 Å². The summed E-state index contributed by atoms with van der Waals surface area (Å²) in [6.07, 6.45) is 1.12. The van der Waals surface area contributed by atoms with Crippen LogP contribution in [0.4, 0.5) is 5.95 Å². The minimum Gasteiger partial charge on any atom is -0.481 e. The Balaban J connectivity index is 2.80. The van der Waals surface area contributed by atoms with Gasteiger partial charge in [0.25, 0.3) is 0 Å². The third-order valence-corrected chi connectivity index (χ3v) is 3.53. The maximum Gasteiger partial charge on any atom is 0.243 e. The van der Waals surface area contributed by atoms with Gasteiger partial charge in [-0.3, -0.25) is 4.72 Å². The summed E-state index contributed by atoms with van der Waals surface area (Å²) in [4.78, 5) is 7.77. The lowest BCUT2D eigenvalue weighted by molar-refractivity contribution is 0.373. The van der Waals surface area contributed by atoms with Crippen LogP contribution in [0.3, 0.4) is 0 Å². The third-order valence-electron chi connectivity index (χ3n) is 2.21. The summed E-state index contributed by atoms with van der Waals surface area (Å²) in [6.45, 7) is 0.457. The molecule has 0 aliphatic carbocycles. The molecule has 8 nitrogen and oxygen atoms in total. The fourth-order valence-electron chi connectivity index (χ4n) is 1.29. The van der Waals surface area contributed by atoms with E-state index in [-0.39, 0.29) is 23.5 Å². The number of anilines is 1. The molecule has 0 spiro atoms. The first-order valence-electron chi connectivity index (χ1n) is 5.68. The average Bonchev–Trinajstić information content (AvgIpc) is 2.37. The van der Waals surface area contributed by atoms with Crippen LogP contribution in [0.2, 0.25) is 0 Å². The summed E-state index contributed by atoms with van der Waals surface area (Å²) in [6, 6.07) is 1.45. The number of hydrogen-bond acceptors (Lipinski definition) is 7. The molecule has 0 aromatic carbocycles. The van der Waals surface area contributed by atoms with Gasteiger partial charge in [-0.05, 0) is 19.4 Å². The molecule has 1 heterocycles. The van der Waals surface area contributed by atoms with Crippen molar-refractivity contribution in [1.29, 1.82) is 0 Å². The number of ether oxygens (including phenoxy) is 2. The van der Waals surface area contributed by atoms with Gasteiger partial charge in [-0.15, -0.1) is 0 Å². The summed E-state index contributed by atoms with van der Waals surface area (Å²) in [5.41, 5.74) is 5.31. The fraction of sp³-hybridized carbons (Fsp3) is 0.600. The van der Waals surface area contributed by atoms with Crippen molar-refractivity contribution in [2.45, 2.75) is 12.8 Å². The Morgan fingerprint density at radius 1 is 1.21 bits per heavy atom. The van der Waals surface area contributed by atoms with Crippen LogP contribution in [0.15, 0.2) is 6.07 Å². The van der Waals surface area contributed by atoms with Crippen LogP contribution in [-0.4, -0.2) is 44.9 Å². The van der Waals surface area contributed by atoms with E-state index in [2.05, 4.69) is 14.7 Å². The molecule has 108 valence electrons. The number of nitrogens with zero attached hydrogens (tertiary/aromatic N) is 2. The number of methoxy groups -OCH3 is 2. The summed E-state index contributed by atoms with van der Waals surface area (Å²) < 4.78 is 35.7. The van der Waals surface area contributed by atoms with Crippen molar-refractivity contribution in [3.63, 3.8) is 0 Å². The Morgan fingerprint density at radius 3 is 2.26 bits per heavy atom. The van der Waals surface area contributed by atoms with E-state index >= 15 is 0 Å². The Labute approximate surface area is 112 Å². The molecule has 0 atom stereocenters. The zero-order chi connectivity index (χ0) is 14.3. The zero-order valence-corrected chi connectivity index (χ0v) is 11.7. The minimum absolute atomic E-state index is 0.0346. The van der Waals surface area contributed by atoms with Gasteiger partial charge < -0.3 is 15.2 Å². The molecule has 0 aliphatic rings. The second kappa shape index (κ2) is 7.10. The first-order valence-corrected chi connectivity index (χ1v) is 7.33. The third kappa shape index (κ3) is 5.26. The maximum absolute atomic E-state index is 11.8. The van der Waals surface area contributed by atoms with Crippen molar-refractivity contribution < 1.29 is 17.9 Å². The molecule has 0 saturated heterocycles. The molecule has 0 unspecified atom stereocenters. The van der Waals surface area contributed by atoms with Crippen LogP contribution >= 0.6 is 0 Å². The first kappa shape index (κ1) is 15.4. The molecule has 0 fully saturated rings. The normalized spacial score (nSPS) is 11.1. The van der Waals surface area contributed by atoms with E-state index in [9.17, 15) is 8.42 Å². The molecule has 0 saturated carbocycles. The molecule has 1 aromatic heterocycles. The lowest BCUT2D eigenvalue weighted by Crippen LogP contribution is -2.19. The molecule has 0 radical (unpaired) electrons. The zero-order valence-electron chi connectivity index (χ0n) is 10.9. The molecule has 0 aliphatic heterocycles. The van der Waals surface area contributed by atoms with Crippen molar-refractivity contribution >= 4 is 16.0 Å². The maximum atomic E-state index is 11.8. The standard InChI is InChI=1S/C10H18N4O4S/c1-17-8-7-9(18-2)13-10(12-8)14-19(15,16)6-4-3-5-11/h7H,3-6,11H2,1-2H3,(H,12,13,14). The smallest absolute Gasteiger partial charge is 0.243 e. The number of nitrogens with two attached hydrogens (primary N) is 1. The van der Waals surface area contributed by atoms with Crippen molar-refractivity contribution in [3.8, 4) is 11.8 Å². The molecule has 0 amide bonds. The predicted octanol–water partition coefficient (Wildman–Crippen LogP) is -0.0256. The molecular formula is C10H18N4O4S. The Hall–Kier alpha value is -1.61. The summed E-state index contributed by atoms with van der Waals surface area (Å²) in [5.74, 6) is 0.314. The van der Waals surface area contributed by atoms with E-state index < -0.39 is 10.0 Å². The molecular weight excluding hydrogens is 272 g/mol. The van der Waals surface area contributed by atoms with E-state index in [4.69, 9.17) is 15.2 Å². The number of hydrogen-bond donors (Lipinski definition) is 2. The fourth-order valence-corrected chi connectivity index (χ4v) is 2.34. The highest BCUT2D eigenvalue weighted by Crippen LogP contribution is 2.18. The van der Waals surface area contributed by atoms with Crippen molar-refractivity contribution in [3.05, 3.63) is 6.07 Å².